The molecule has 0 unspecified atom stereocenters. The third-order valence-corrected chi connectivity index (χ3v) is 3.22. The van der Waals surface area contributed by atoms with Crippen LogP contribution in [0.5, 0.6) is 0 Å². The first kappa shape index (κ1) is 12.3. The van der Waals surface area contributed by atoms with E-state index in [0.717, 1.165) is 15.6 Å². The quantitative estimate of drug-likeness (QED) is 0.905. The molecule has 0 aromatic heterocycles. The Morgan fingerprint density at radius 3 is 1.88 bits per heavy atom. The van der Waals surface area contributed by atoms with Gasteiger partial charge in [0.15, 0.2) is 0 Å². The summed E-state index contributed by atoms with van der Waals surface area (Å²) in [6.45, 7) is 0. The van der Waals surface area contributed by atoms with Crippen LogP contribution in [0.2, 0.25) is 0 Å². The van der Waals surface area contributed by atoms with E-state index in [2.05, 4.69) is 33.4 Å². The zero-order valence-corrected chi connectivity index (χ0v) is 11.0. The van der Waals surface area contributed by atoms with Gasteiger partial charge in [-0.05, 0) is 42.4 Å². The van der Waals surface area contributed by atoms with Crippen LogP contribution in [-0.2, 0) is 0 Å². The van der Waals surface area contributed by atoms with Gasteiger partial charge in [0.05, 0.1) is 6.04 Å². The molecule has 0 aliphatic rings. The highest BCUT2D eigenvalue weighted by Gasteiger charge is 2.11. The average molecular weight is 294 g/mol. The summed E-state index contributed by atoms with van der Waals surface area (Å²) < 4.78 is 13.9. The van der Waals surface area contributed by atoms with Gasteiger partial charge in [-0.3, -0.25) is 0 Å². The predicted molar refractivity (Wildman–Crippen MR) is 71.4 cm³/mol. The lowest BCUT2D eigenvalue weighted by Gasteiger charge is -2.17. The topological polar surface area (TPSA) is 12.0 Å². The number of benzene rings is 2. The molecule has 0 aliphatic heterocycles. The SMILES string of the molecule is CN[C@H](c1ccc(F)cc1)c1ccc(Br)cc1. The number of halogens is 2. The van der Waals surface area contributed by atoms with Crippen molar-refractivity contribution in [3.8, 4) is 0 Å². The molecule has 0 fully saturated rings. The van der Waals surface area contributed by atoms with E-state index in [1.54, 1.807) is 12.1 Å². The molecular weight excluding hydrogens is 281 g/mol. The Morgan fingerprint density at radius 1 is 0.941 bits per heavy atom. The zero-order valence-electron chi connectivity index (χ0n) is 9.45. The molecule has 0 radical (unpaired) electrons. The van der Waals surface area contributed by atoms with Crippen LogP contribution >= 0.6 is 15.9 Å². The van der Waals surface area contributed by atoms with E-state index in [0.29, 0.717) is 0 Å². The van der Waals surface area contributed by atoms with Gasteiger partial charge < -0.3 is 5.32 Å². The van der Waals surface area contributed by atoms with Crippen LogP contribution in [0.25, 0.3) is 0 Å². The molecule has 0 amide bonds. The Bertz CT molecular complexity index is 433. The molecule has 0 heterocycles. The average Bonchev–Trinajstić information content (AvgIpc) is 2.35. The Morgan fingerprint density at radius 2 is 1.41 bits per heavy atom. The zero-order chi connectivity index (χ0) is 12.3. The van der Waals surface area contributed by atoms with E-state index in [1.807, 2.05) is 19.2 Å². The summed E-state index contributed by atoms with van der Waals surface area (Å²) in [7, 11) is 1.90. The van der Waals surface area contributed by atoms with Gasteiger partial charge in [-0.2, -0.15) is 0 Å². The molecule has 0 saturated carbocycles. The Hall–Kier alpha value is -1.19. The van der Waals surface area contributed by atoms with Crippen molar-refractivity contribution in [1.82, 2.24) is 5.32 Å². The molecule has 0 saturated heterocycles. The summed E-state index contributed by atoms with van der Waals surface area (Å²) in [5.74, 6) is -0.209. The number of hydrogen-bond donors (Lipinski definition) is 1. The molecule has 2 aromatic rings. The Balaban J connectivity index is 2.33. The number of rotatable bonds is 3. The molecule has 1 N–H and O–H groups in total. The lowest BCUT2D eigenvalue weighted by molar-refractivity contribution is 0.623. The summed E-state index contributed by atoms with van der Waals surface area (Å²) in [5, 5.41) is 3.24. The van der Waals surface area contributed by atoms with Crippen molar-refractivity contribution >= 4 is 15.9 Å². The summed E-state index contributed by atoms with van der Waals surface area (Å²) in [6.07, 6.45) is 0. The molecular formula is C14H13BrFN. The highest BCUT2D eigenvalue weighted by molar-refractivity contribution is 9.10. The first-order chi connectivity index (χ1) is 8.20. The minimum atomic E-state index is -0.209. The molecule has 1 nitrogen and oxygen atoms in total. The van der Waals surface area contributed by atoms with Gasteiger partial charge in [0.25, 0.3) is 0 Å². The highest BCUT2D eigenvalue weighted by Crippen LogP contribution is 2.23. The molecule has 17 heavy (non-hydrogen) atoms. The van der Waals surface area contributed by atoms with Crippen LogP contribution < -0.4 is 5.32 Å². The molecule has 3 heteroatoms. The van der Waals surface area contributed by atoms with Crippen molar-refractivity contribution in [3.63, 3.8) is 0 Å². The lowest BCUT2D eigenvalue weighted by Crippen LogP contribution is -2.17. The third kappa shape index (κ3) is 2.93. The molecule has 88 valence electrons. The molecule has 0 spiro atoms. The second kappa shape index (κ2) is 5.43. The Labute approximate surface area is 109 Å². The van der Waals surface area contributed by atoms with Gasteiger partial charge in [-0.1, -0.05) is 40.2 Å². The van der Waals surface area contributed by atoms with Crippen LogP contribution in [0, 0.1) is 5.82 Å². The molecule has 1 atom stereocenters. The summed E-state index contributed by atoms with van der Waals surface area (Å²) in [4.78, 5) is 0. The first-order valence-corrected chi connectivity index (χ1v) is 6.18. The van der Waals surface area contributed by atoms with E-state index in [1.165, 1.54) is 12.1 Å². The second-order valence-corrected chi connectivity index (χ2v) is 4.74. The minimum Gasteiger partial charge on any atom is -0.309 e. The highest BCUT2D eigenvalue weighted by atomic mass is 79.9. The van der Waals surface area contributed by atoms with E-state index in [-0.39, 0.29) is 11.9 Å². The molecule has 0 bridgehead atoms. The maximum atomic E-state index is 12.9. The van der Waals surface area contributed by atoms with E-state index in [9.17, 15) is 4.39 Å². The lowest BCUT2D eigenvalue weighted by atomic mass is 9.99. The fraction of sp³-hybridized carbons (Fsp3) is 0.143. The Kier molecular flexibility index (Phi) is 3.92. The van der Waals surface area contributed by atoms with Crippen molar-refractivity contribution in [2.24, 2.45) is 0 Å². The van der Waals surface area contributed by atoms with Crippen molar-refractivity contribution in [2.45, 2.75) is 6.04 Å². The molecule has 0 aliphatic carbocycles. The summed E-state index contributed by atoms with van der Waals surface area (Å²) in [5.41, 5.74) is 2.21. The smallest absolute Gasteiger partial charge is 0.123 e. The minimum absolute atomic E-state index is 0.0868. The van der Waals surface area contributed by atoms with Gasteiger partial charge in [0.1, 0.15) is 5.82 Å². The number of hydrogen-bond acceptors (Lipinski definition) is 1. The van der Waals surface area contributed by atoms with Crippen LogP contribution in [-0.4, -0.2) is 7.05 Å². The third-order valence-electron chi connectivity index (χ3n) is 2.70. The van der Waals surface area contributed by atoms with Crippen molar-refractivity contribution in [1.29, 1.82) is 0 Å². The van der Waals surface area contributed by atoms with Crippen molar-refractivity contribution < 1.29 is 4.39 Å². The van der Waals surface area contributed by atoms with Gasteiger partial charge in [0, 0.05) is 4.47 Å². The van der Waals surface area contributed by atoms with Gasteiger partial charge in [0.2, 0.25) is 0 Å². The predicted octanol–water partition coefficient (Wildman–Crippen LogP) is 3.90. The normalized spacial score (nSPS) is 12.4. The first-order valence-electron chi connectivity index (χ1n) is 5.39. The second-order valence-electron chi connectivity index (χ2n) is 3.82. The van der Waals surface area contributed by atoms with Crippen molar-refractivity contribution in [2.75, 3.05) is 7.05 Å². The maximum Gasteiger partial charge on any atom is 0.123 e. The van der Waals surface area contributed by atoms with E-state index in [4.69, 9.17) is 0 Å². The fourth-order valence-corrected chi connectivity index (χ4v) is 2.10. The standard InChI is InChI=1S/C14H13BrFN/c1-17-14(10-2-6-12(15)7-3-10)11-4-8-13(16)9-5-11/h2-9,14,17H,1H3/t14-/m0/s1. The molecule has 2 rings (SSSR count). The largest absolute Gasteiger partial charge is 0.309 e. The van der Waals surface area contributed by atoms with E-state index >= 15 is 0 Å². The summed E-state index contributed by atoms with van der Waals surface area (Å²) >= 11 is 3.41. The fourth-order valence-electron chi connectivity index (χ4n) is 1.84. The maximum absolute atomic E-state index is 12.9. The van der Waals surface area contributed by atoms with Gasteiger partial charge in [-0.15, -0.1) is 0 Å². The van der Waals surface area contributed by atoms with E-state index < -0.39 is 0 Å². The van der Waals surface area contributed by atoms with Crippen LogP contribution in [0.3, 0.4) is 0 Å². The van der Waals surface area contributed by atoms with Crippen LogP contribution in [0.15, 0.2) is 53.0 Å². The van der Waals surface area contributed by atoms with Crippen LogP contribution in [0.1, 0.15) is 17.2 Å². The van der Waals surface area contributed by atoms with Gasteiger partial charge >= 0.3 is 0 Å². The monoisotopic (exact) mass is 293 g/mol. The van der Waals surface area contributed by atoms with Crippen LogP contribution in [0.4, 0.5) is 4.39 Å². The summed E-state index contributed by atoms with van der Waals surface area (Å²) in [6, 6.07) is 14.8. The van der Waals surface area contributed by atoms with Crippen molar-refractivity contribution in [3.05, 3.63) is 69.9 Å². The number of nitrogens with one attached hydrogen (secondary N) is 1. The molecule has 2 aromatic carbocycles. The van der Waals surface area contributed by atoms with Gasteiger partial charge in [-0.25, -0.2) is 4.39 Å².